The van der Waals surface area contributed by atoms with Gasteiger partial charge in [0.05, 0.1) is 12.3 Å². The molecular formula is C25H25N3O4S. The fourth-order valence-electron chi connectivity index (χ4n) is 4.20. The van der Waals surface area contributed by atoms with Gasteiger partial charge in [-0.05, 0) is 62.7 Å². The highest BCUT2D eigenvalue weighted by molar-refractivity contribution is 7.14. The number of hydrogen-bond acceptors (Lipinski definition) is 6. The van der Waals surface area contributed by atoms with Crippen molar-refractivity contribution in [3.63, 3.8) is 0 Å². The topological polar surface area (TPSA) is 74.6 Å². The van der Waals surface area contributed by atoms with Crippen LogP contribution in [0, 0.1) is 6.92 Å². The molecule has 5 rings (SSSR count). The number of nitrogens with zero attached hydrogens (tertiary/aromatic N) is 2. The number of amides is 1. The number of anilines is 1. The van der Waals surface area contributed by atoms with Gasteiger partial charge in [-0.1, -0.05) is 0 Å². The van der Waals surface area contributed by atoms with Gasteiger partial charge in [-0.3, -0.25) is 10.1 Å². The molecule has 0 fully saturated rings. The van der Waals surface area contributed by atoms with Crippen LogP contribution in [-0.4, -0.2) is 35.3 Å². The van der Waals surface area contributed by atoms with E-state index in [1.807, 2.05) is 67.1 Å². The van der Waals surface area contributed by atoms with Gasteiger partial charge in [-0.2, -0.15) is 0 Å². The van der Waals surface area contributed by atoms with E-state index in [-0.39, 0.29) is 5.91 Å². The minimum Gasteiger partial charge on any atom is -0.494 e. The highest BCUT2D eigenvalue weighted by Gasteiger charge is 2.21. The third-order valence-electron chi connectivity index (χ3n) is 5.69. The van der Waals surface area contributed by atoms with Crippen molar-refractivity contribution in [1.82, 2.24) is 9.55 Å². The van der Waals surface area contributed by atoms with Crippen LogP contribution in [0.3, 0.4) is 0 Å². The first-order chi connectivity index (χ1) is 16.1. The summed E-state index contributed by atoms with van der Waals surface area (Å²) in [5, 5.41) is 6.48. The second-order valence-corrected chi connectivity index (χ2v) is 8.54. The van der Waals surface area contributed by atoms with E-state index in [1.165, 1.54) is 11.3 Å². The van der Waals surface area contributed by atoms with Crippen LogP contribution in [0.4, 0.5) is 5.13 Å². The number of carbonyl (C=O) groups excluding carboxylic acids is 1. The van der Waals surface area contributed by atoms with E-state index in [2.05, 4.69) is 10.3 Å². The maximum Gasteiger partial charge on any atom is 0.274 e. The molecular weight excluding hydrogens is 438 g/mol. The first-order valence-electron chi connectivity index (χ1n) is 11.0. The van der Waals surface area contributed by atoms with Gasteiger partial charge >= 0.3 is 0 Å². The lowest BCUT2D eigenvalue weighted by atomic mass is 10.1. The number of aryl methyl sites for hydroxylation is 2. The maximum atomic E-state index is 13.3. The van der Waals surface area contributed by atoms with Crippen molar-refractivity contribution in [3.8, 4) is 28.5 Å². The van der Waals surface area contributed by atoms with Gasteiger partial charge in [0.1, 0.15) is 24.7 Å². The average molecular weight is 464 g/mol. The molecule has 0 radical (unpaired) electrons. The summed E-state index contributed by atoms with van der Waals surface area (Å²) in [4.78, 5) is 17.9. The summed E-state index contributed by atoms with van der Waals surface area (Å²) in [7, 11) is 0. The van der Waals surface area contributed by atoms with Crippen molar-refractivity contribution in [2.24, 2.45) is 0 Å². The van der Waals surface area contributed by atoms with Crippen molar-refractivity contribution in [3.05, 3.63) is 53.0 Å². The van der Waals surface area contributed by atoms with Gasteiger partial charge < -0.3 is 18.8 Å². The van der Waals surface area contributed by atoms with E-state index in [4.69, 9.17) is 14.2 Å². The predicted octanol–water partition coefficient (Wildman–Crippen LogP) is 5.52. The summed E-state index contributed by atoms with van der Waals surface area (Å²) in [5.41, 5.74) is 4.27. The largest absolute Gasteiger partial charge is 0.494 e. The zero-order valence-corrected chi connectivity index (χ0v) is 19.6. The molecule has 8 heteroatoms. The highest BCUT2D eigenvalue weighted by atomic mass is 32.1. The lowest BCUT2D eigenvalue weighted by Crippen LogP contribution is -2.17. The molecule has 7 nitrogen and oxygen atoms in total. The van der Waals surface area contributed by atoms with Gasteiger partial charge in [-0.25, -0.2) is 4.98 Å². The summed E-state index contributed by atoms with van der Waals surface area (Å²) in [6.45, 7) is 8.34. The van der Waals surface area contributed by atoms with Crippen LogP contribution in [-0.2, 0) is 6.54 Å². The molecule has 170 valence electrons. The molecule has 1 N–H and O–H groups in total. The quantitative estimate of drug-likeness (QED) is 0.408. The van der Waals surface area contributed by atoms with Crippen molar-refractivity contribution >= 4 is 33.3 Å². The third kappa shape index (κ3) is 3.91. The monoisotopic (exact) mass is 463 g/mol. The first kappa shape index (κ1) is 21.3. The molecule has 0 aliphatic carbocycles. The molecule has 2 aromatic carbocycles. The fourth-order valence-corrected chi connectivity index (χ4v) is 4.92. The normalized spacial score (nSPS) is 12.7. The van der Waals surface area contributed by atoms with Gasteiger partial charge in [0, 0.05) is 28.4 Å². The van der Waals surface area contributed by atoms with Crippen LogP contribution in [0.5, 0.6) is 17.2 Å². The molecule has 1 aliphatic rings. The van der Waals surface area contributed by atoms with Gasteiger partial charge in [0.15, 0.2) is 16.6 Å². The SMILES string of the molecule is CCOc1ccc2c(c1)c(C)c(C(=O)Nc1nc(-c3ccc4c(c3)OCCO4)cs1)n2CC. The Morgan fingerprint density at radius 1 is 1.15 bits per heavy atom. The molecule has 0 saturated heterocycles. The number of thiazole rings is 1. The number of rotatable bonds is 6. The number of nitrogens with one attached hydrogen (secondary N) is 1. The fraction of sp³-hybridized carbons (Fsp3) is 0.280. The summed E-state index contributed by atoms with van der Waals surface area (Å²) in [6.07, 6.45) is 0. The Bertz CT molecular complexity index is 1340. The van der Waals surface area contributed by atoms with E-state index >= 15 is 0 Å². The summed E-state index contributed by atoms with van der Waals surface area (Å²) in [6, 6.07) is 11.7. The second-order valence-electron chi connectivity index (χ2n) is 7.68. The van der Waals surface area contributed by atoms with Crippen molar-refractivity contribution in [2.45, 2.75) is 27.3 Å². The molecule has 3 heterocycles. The number of ether oxygens (including phenoxy) is 3. The maximum absolute atomic E-state index is 13.3. The number of aromatic nitrogens is 2. The minimum absolute atomic E-state index is 0.174. The first-order valence-corrected chi connectivity index (χ1v) is 11.9. The van der Waals surface area contributed by atoms with E-state index < -0.39 is 0 Å². The van der Waals surface area contributed by atoms with Gasteiger partial charge in [0.25, 0.3) is 5.91 Å². The average Bonchev–Trinajstić information content (AvgIpc) is 3.41. The molecule has 1 amide bonds. The van der Waals surface area contributed by atoms with Crippen LogP contribution in [0.15, 0.2) is 41.8 Å². The Kier molecular flexibility index (Phi) is 5.68. The second kappa shape index (κ2) is 8.78. The van der Waals surface area contributed by atoms with Crippen molar-refractivity contribution in [2.75, 3.05) is 25.1 Å². The standard InChI is InChI=1S/C25H25N3O4S/c1-4-28-20-8-7-17(30-5-2)13-18(20)15(3)23(28)24(29)27-25-26-19(14-33-25)16-6-9-21-22(12-16)32-11-10-31-21/h6-9,12-14H,4-5,10-11H2,1-3H3,(H,26,27,29). The van der Waals surface area contributed by atoms with Crippen LogP contribution >= 0.6 is 11.3 Å². The molecule has 0 spiro atoms. The van der Waals surface area contributed by atoms with E-state index in [0.29, 0.717) is 42.9 Å². The number of fused-ring (bicyclic) bond motifs is 2. The zero-order chi connectivity index (χ0) is 22.9. The zero-order valence-electron chi connectivity index (χ0n) is 18.8. The number of benzene rings is 2. The lowest BCUT2D eigenvalue weighted by Gasteiger charge is -2.18. The van der Waals surface area contributed by atoms with E-state index in [9.17, 15) is 4.79 Å². The lowest BCUT2D eigenvalue weighted by molar-refractivity contribution is 0.101. The Morgan fingerprint density at radius 2 is 1.97 bits per heavy atom. The molecule has 0 bridgehead atoms. The Labute approximate surface area is 195 Å². The predicted molar refractivity (Wildman–Crippen MR) is 130 cm³/mol. The Hall–Kier alpha value is -3.52. The smallest absolute Gasteiger partial charge is 0.274 e. The molecule has 1 aliphatic heterocycles. The third-order valence-corrected chi connectivity index (χ3v) is 6.45. The minimum atomic E-state index is -0.174. The molecule has 2 aromatic heterocycles. The Balaban J connectivity index is 1.42. The van der Waals surface area contributed by atoms with Crippen LogP contribution < -0.4 is 19.5 Å². The van der Waals surface area contributed by atoms with Crippen LogP contribution in [0.25, 0.3) is 22.2 Å². The molecule has 33 heavy (non-hydrogen) atoms. The molecule has 4 aromatic rings. The van der Waals surface area contributed by atoms with Gasteiger partial charge in [-0.15, -0.1) is 11.3 Å². The van der Waals surface area contributed by atoms with Crippen LogP contribution in [0.1, 0.15) is 29.9 Å². The van der Waals surface area contributed by atoms with E-state index in [0.717, 1.165) is 39.2 Å². The summed E-state index contributed by atoms with van der Waals surface area (Å²) in [5.74, 6) is 2.08. The molecule has 0 saturated carbocycles. The number of hydrogen-bond donors (Lipinski definition) is 1. The van der Waals surface area contributed by atoms with Gasteiger partial charge in [0.2, 0.25) is 0 Å². The molecule has 0 unspecified atom stereocenters. The van der Waals surface area contributed by atoms with Crippen molar-refractivity contribution < 1.29 is 19.0 Å². The highest BCUT2D eigenvalue weighted by Crippen LogP contribution is 2.36. The molecule has 0 atom stereocenters. The summed E-state index contributed by atoms with van der Waals surface area (Å²) < 4.78 is 19.0. The van der Waals surface area contributed by atoms with Crippen LogP contribution in [0.2, 0.25) is 0 Å². The summed E-state index contributed by atoms with van der Waals surface area (Å²) >= 11 is 1.40. The van der Waals surface area contributed by atoms with Crippen molar-refractivity contribution in [1.29, 1.82) is 0 Å². The van der Waals surface area contributed by atoms with E-state index in [1.54, 1.807) is 0 Å². The number of carbonyl (C=O) groups is 1. The Morgan fingerprint density at radius 3 is 2.76 bits per heavy atom.